The van der Waals surface area contributed by atoms with E-state index in [0.717, 1.165) is 22.8 Å². The highest BCUT2D eigenvalue weighted by atomic mass is 35.5. The van der Waals surface area contributed by atoms with Crippen molar-refractivity contribution in [1.82, 2.24) is 0 Å². The molecule has 0 spiro atoms. The van der Waals surface area contributed by atoms with Crippen LogP contribution >= 0.6 is 11.6 Å². The lowest BCUT2D eigenvalue weighted by molar-refractivity contribution is 0.476. The van der Waals surface area contributed by atoms with Gasteiger partial charge in [-0.25, -0.2) is 0 Å². The molecule has 72 valence electrons. The molecule has 0 heterocycles. The Kier molecular flexibility index (Phi) is 2.34. The summed E-state index contributed by atoms with van der Waals surface area (Å²) in [5.74, 6) is 0.169. The van der Waals surface area contributed by atoms with Gasteiger partial charge >= 0.3 is 0 Å². The fourth-order valence-corrected chi connectivity index (χ4v) is 2.02. The first-order valence-electron chi connectivity index (χ1n) is 4.63. The summed E-state index contributed by atoms with van der Waals surface area (Å²) in [6, 6.07) is 9.64. The first-order chi connectivity index (χ1) is 6.74. The van der Waals surface area contributed by atoms with E-state index >= 15 is 0 Å². The van der Waals surface area contributed by atoms with E-state index in [9.17, 15) is 5.11 Å². The minimum absolute atomic E-state index is 0.169. The van der Waals surface area contributed by atoms with Crippen molar-refractivity contribution in [2.45, 2.75) is 13.3 Å². The number of aromatic hydroxyl groups is 1. The fraction of sp³-hybridized carbons (Fsp3) is 0.167. The number of aryl methyl sites for hydroxylation is 1. The molecule has 2 rings (SSSR count). The second-order valence-corrected chi connectivity index (χ2v) is 3.64. The summed E-state index contributed by atoms with van der Waals surface area (Å²) in [7, 11) is 0. The predicted octanol–water partition coefficient (Wildman–Crippen LogP) is 3.76. The number of fused-ring (bicyclic) bond motifs is 1. The summed E-state index contributed by atoms with van der Waals surface area (Å²) in [6.07, 6.45) is 0.827. The molecule has 0 amide bonds. The van der Waals surface area contributed by atoms with Gasteiger partial charge in [-0.1, -0.05) is 42.8 Å². The summed E-state index contributed by atoms with van der Waals surface area (Å²) in [6.45, 7) is 2.03. The third-order valence-corrected chi connectivity index (χ3v) is 2.84. The number of hydrogen-bond acceptors (Lipinski definition) is 1. The zero-order valence-corrected chi connectivity index (χ0v) is 8.67. The Bertz CT molecular complexity index is 477. The third-order valence-electron chi connectivity index (χ3n) is 2.42. The average Bonchev–Trinajstić information content (AvgIpc) is 2.20. The van der Waals surface area contributed by atoms with Crippen molar-refractivity contribution in [2.75, 3.05) is 0 Å². The molecule has 14 heavy (non-hydrogen) atoms. The maximum atomic E-state index is 9.60. The van der Waals surface area contributed by atoms with Crippen LogP contribution in [0.2, 0.25) is 5.02 Å². The van der Waals surface area contributed by atoms with E-state index in [1.807, 2.05) is 31.2 Å². The highest BCUT2D eigenvalue weighted by Gasteiger charge is 2.08. The summed E-state index contributed by atoms with van der Waals surface area (Å²) < 4.78 is 0. The van der Waals surface area contributed by atoms with Crippen LogP contribution in [0, 0.1) is 0 Å². The third kappa shape index (κ3) is 1.34. The Balaban J connectivity index is 2.89. The quantitative estimate of drug-likeness (QED) is 0.753. The zero-order valence-electron chi connectivity index (χ0n) is 7.92. The molecular weight excluding hydrogens is 196 g/mol. The summed E-state index contributed by atoms with van der Waals surface area (Å²) >= 11 is 6.02. The molecule has 0 aliphatic heterocycles. The van der Waals surface area contributed by atoms with Crippen LogP contribution in [-0.2, 0) is 6.42 Å². The molecular formula is C12H11ClO. The number of phenols is 1. The van der Waals surface area contributed by atoms with Crippen LogP contribution in [0.25, 0.3) is 10.8 Å². The fourth-order valence-electron chi connectivity index (χ4n) is 1.73. The minimum atomic E-state index is 0.169. The second kappa shape index (κ2) is 3.50. The topological polar surface area (TPSA) is 20.2 Å². The lowest BCUT2D eigenvalue weighted by Gasteiger charge is -2.08. The molecule has 0 fully saturated rings. The molecule has 1 N–H and O–H groups in total. The average molecular weight is 207 g/mol. The van der Waals surface area contributed by atoms with Crippen molar-refractivity contribution in [3.05, 3.63) is 40.9 Å². The van der Waals surface area contributed by atoms with E-state index in [1.165, 1.54) is 0 Å². The molecule has 0 aromatic heterocycles. The highest BCUT2D eigenvalue weighted by molar-refractivity contribution is 6.33. The van der Waals surface area contributed by atoms with Crippen LogP contribution < -0.4 is 0 Å². The molecule has 0 aliphatic rings. The van der Waals surface area contributed by atoms with Crippen LogP contribution in [0.5, 0.6) is 5.75 Å². The Morgan fingerprint density at radius 2 is 2.00 bits per heavy atom. The van der Waals surface area contributed by atoms with Gasteiger partial charge in [0.15, 0.2) is 0 Å². The smallest absolute Gasteiger partial charge is 0.135 e. The largest absolute Gasteiger partial charge is 0.506 e. The molecule has 0 unspecified atom stereocenters. The van der Waals surface area contributed by atoms with Crippen molar-refractivity contribution < 1.29 is 5.11 Å². The van der Waals surface area contributed by atoms with Crippen molar-refractivity contribution >= 4 is 22.4 Å². The lowest BCUT2D eigenvalue weighted by atomic mass is 10.0. The Hall–Kier alpha value is -1.21. The van der Waals surface area contributed by atoms with Gasteiger partial charge in [0.05, 0.1) is 5.02 Å². The van der Waals surface area contributed by atoms with Crippen LogP contribution in [-0.4, -0.2) is 5.11 Å². The van der Waals surface area contributed by atoms with Gasteiger partial charge in [0.2, 0.25) is 0 Å². The van der Waals surface area contributed by atoms with Crippen LogP contribution in [0.15, 0.2) is 30.3 Å². The SMILES string of the molecule is CCc1c(Cl)c(O)cc2ccccc12. The molecule has 2 heteroatoms. The van der Waals surface area contributed by atoms with Gasteiger partial charge in [0, 0.05) is 0 Å². The molecule has 0 bridgehead atoms. The summed E-state index contributed by atoms with van der Waals surface area (Å²) in [4.78, 5) is 0. The lowest BCUT2D eigenvalue weighted by Crippen LogP contribution is -1.86. The predicted molar refractivity (Wildman–Crippen MR) is 60.0 cm³/mol. The van der Waals surface area contributed by atoms with Crippen molar-refractivity contribution in [3.63, 3.8) is 0 Å². The van der Waals surface area contributed by atoms with Gasteiger partial charge in [-0.05, 0) is 28.8 Å². The van der Waals surface area contributed by atoms with E-state index in [0.29, 0.717) is 5.02 Å². The normalized spacial score (nSPS) is 10.7. The van der Waals surface area contributed by atoms with Gasteiger partial charge in [-0.3, -0.25) is 0 Å². The van der Waals surface area contributed by atoms with Crippen molar-refractivity contribution in [1.29, 1.82) is 0 Å². The second-order valence-electron chi connectivity index (χ2n) is 3.26. The van der Waals surface area contributed by atoms with E-state index in [4.69, 9.17) is 11.6 Å². The van der Waals surface area contributed by atoms with Crippen LogP contribution in [0.1, 0.15) is 12.5 Å². The molecule has 2 aromatic rings. The number of phenolic OH excluding ortho intramolecular Hbond substituents is 1. The van der Waals surface area contributed by atoms with Gasteiger partial charge in [0.25, 0.3) is 0 Å². The van der Waals surface area contributed by atoms with E-state index < -0.39 is 0 Å². The molecule has 0 saturated carbocycles. The number of halogens is 1. The minimum Gasteiger partial charge on any atom is -0.506 e. The molecule has 0 aliphatic carbocycles. The Morgan fingerprint density at radius 1 is 1.29 bits per heavy atom. The van der Waals surface area contributed by atoms with Gasteiger partial charge in [0.1, 0.15) is 5.75 Å². The van der Waals surface area contributed by atoms with Crippen LogP contribution in [0.4, 0.5) is 0 Å². The van der Waals surface area contributed by atoms with Crippen molar-refractivity contribution in [3.8, 4) is 5.75 Å². The van der Waals surface area contributed by atoms with Gasteiger partial charge in [-0.15, -0.1) is 0 Å². The molecule has 0 atom stereocenters. The van der Waals surface area contributed by atoms with Gasteiger partial charge < -0.3 is 5.11 Å². The van der Waals surface area contributed by atoms with Gasteiger partial charge in [-0.2, -0.15) is 0 Å². The zero-order chi connectivity index (χ0) is 10.1. The molecule has 1 nitrogen and oxygen atoms in total. The first kappa shape index (κ1) is 9.35. The maximum absolute atomic E-state index is 9.60. The number of benzene rings is 2. The molecule has 0 saturated heterocycles. The monoisotopic (exact) mass is 206 g/mol. The van der Waals surface area contributed by atoms with Crippen molar-refractivity contribution in [2.24, 2.45) is 0 Å². The summed E-state index contributed by atoms with van der Waals surface area (Å²) in [5.41, 5.74) is 1.02. The first-order valence-corrected chi connectivity index (χ1v) is 5.01. The summed E-state index contributed by atoms with van der Waals surface area (Å²) in [5, 5.41) is 12.2. The molecule has 2 aromatic carbocycles. The number of rotatable bonds is 1. The molecule has 0 radical (unpaired) electrons. The maximum Gasteiger partial charge on any atom is 0.135 e. The highest BCUT2D eigenvalue weighted by Crippen LogP contribution is 2.34. The Labute approximate surface area is 87.9 Å². The van der Waals surface area contributed by atoms with Crippen LogP contribution in [0.3, 0.4) is 0 Å². The standard InChI is InChI=1S/C12H11ClO/c1-2-9-10-6-4-3-5-8(10)7-11(14)12(9)13/h3-7,14H,2H2,1H3. The number of hydrogen-bond donors (Lipinski definition) is 1. The van der Waals surface area contributed by atoms with E-state index in [2.05, 4.69) is 0 Å². The Morgan fingerprint density at radius 3 is 2.71 bits per heavy atom. The van der Waals surface area contributed by atoms with E-state index in [1.54, 1.807) is 6.07 Å². The van der Waals surface area contributed by atoms with E-state index in [-0.39, 0.29) is 5.75 Å².